The summed E-state index contributed by atoms with van der Waals surface area (Å²) >= 11 is 5.85. The summed E-state index contributed by atoms with van der Waals surface area (Å²) in [6, 6.07) is 6.84. The molecule has 6 heteroatoms. The van der Waals surface area contributed by atoms with Crippen LogP contribution >= 0.6 is 11.6 Å². The minimum Gasteiger partial charge on any atom is -0.492 e. The Balaban J connectivity index is 1.98. The monoisotopic (exact) mass is 376 g/mol. The second-order valence-electron chi connectivity index (χ2n) is 6.50. The number of ketones is 2. The summed E-state index contributed by atoms with van der Waals surface area (Å²) in [4.78, 5) is 29.6. The van der Waals surface area contributed by atoms with E-state index < -0.39 is 0 Å². The van der Waals surface area contributed by atoms with Gasteiger partial charge in [-0.2, -0.15) is 0 Å². The standard InChI is InChI=1S/C20H25ClN2O3/c1-12-18(15(4)24)13(2)22-19(12)20(25)14(3)23(5)10-11-26-17-8-6-16(21)7-9-17/h6-9,14,22H,10-11H2,1-5H3/t14-/m1/s1. The van der Waals surface area contributed by atoms with Gasteiger partial charge in [0.2, 0.25) is 0 Å². The van der Waals surface area contributed by atoms with Gasteiger partial charge in [0.15, 0.2) is 11.6 Å². The number of carbonyl (C=O) groups excluding carboxylic acids is 2. The number of hydrogen-bond donors (Lipinski definition) is 1. The molecule has 0 aliphatic rings. The maximum atomic E-state index is 12.8. The van der Waals surface area contributed by atoms with Crippen molar-refractivity contribution in [2.75, 3.05) is 20.2 Å². The number of carbonyl (C=O) groups is 2. The van der Waals surface area contributed by atoms with Crippen LogP contribution in [0.25, 0.3) is 0 Å². The number of rotatable bonds is 8. The second kappa shape index (κ2) is 8.52. The van der Waals surface area contributed by atoms with E-state index in [9.17, 15) is 9.59 Å². The third-order valence-electron chi connectivity index (χ3n) is 4.60. The lowest BCUT2D eigenvalue weighted by Gasteiger charge is -2.23. The molecule has 0 radical (unpaired) electrons. The SMILES string of the molecule is CC(=O)c1c(C)[nH]c(C(=O)[C@@H](C)N(C)CCOc2ccc(Cl)cc2)c1C. The third-order valence-corrected chi connectivity index (χ3v) is 4.85. The Bertz CT molecular complexity index is 796. The molecular weight excluding hydrogens is 352 g/mol. The Morgan fingerprint density at radius 3 is 2.38 bits per heavy atom. The average Bonchev–Trinajstić information content (AvgIpc) is 2.89. The smallest absolute Gasteiger partial charge is 0.196 e. The predicted octanol–water partition coefficient (Wildman–Crippen LogP) is 4.07. The molecule has 0 aliphatic carbocycles. The molecule has 0 spiro atoms. The van der Waals surface area contributed by atoms with Crippen molar-refractivity contribution in [2.24, 2.45) is 0 Å². The second-order valence-corrected chi connectivity index (χ2v) is 6.94. The number of nitrogens with one attached hydrogen (secondary N) is 1. The van der Waals surface area contributed by atoms with Gasteiger partial charge >= 0.3 is 0 Å². The van der Waals surface area contributed by atoms with Crippen molar-refractivity contribution in [1.82, 2.24) is 9.88 Å². The van der Waals surface area contributed by atoms with Gasteiger partial charge in [-0.1, -0.05) is 11.6 Å². The summed E-state index contributed by atoms with van der Waals surface area (Å²) in [5, 5.41) is 0.662. The molecule has 0 saturated carbocycles. The van der Waals surface area contributed by atoms with Crippen LogP contribution in [0.15, 0.2) is 24.3 Å². The van der Waals surface area contributed by atoms with Crippen LogP contribution in [-0.4, -0.2) is 47.7 Å². The topological polar surface area (TPSA) is 62.4 Å². The van der Waals surface area contributed by atoms with Crippen LogP contribution < -0.4 is 4.74 Å². The zero-order chi connectivity index (χ0) is 19.4. The Morgan fingerprint density at radius 2 is 1.85 bits per heavy atom. The number of halogens is 1. The van der Waals surface area contributed by atoms with Gasteiger partial charge in [-0.15, -0.1) is 0 Å². The number of benzene rings is 1. The molecule has 2 rings (SSSR count). The number of hydrogen-bond acceptors (Lipinski definition) is 4. The van der Waals surface area contributed by atoms with Crippen LogP contribution in [0.3, 0.4) is 0 Å². The lowest BCUT2D eigenvalue weighted by molar-refractivity contribution is 0.0848. The fourth-order valence-corrected chi connectivity index (χ4v) is 3.09. The number of aromatic amines is 1. The average molecular weight is 377 g/mol. The molecule has 140 valence electrons. The van der Waals surface area contributed by atoms with E-state index in [0.29, 0.717) is 29.4 Å². The molecule has 1 aromatic heterocycles. The minimum absolute atomic E-state index is 0.0346. The van der Waals surface area contributed by atoms with Crippen LogP contribution in [0.5, 0.6) is 5.75 Å². The van der Waals surface area contributed by atoms with E-state index in [1.165, 1.54) is 6.92 Å². The van der Waals surface area contributed by atoms with Crippen LogP contribution in [0.4, 0.5) is 0 Å². The number of ether oxygens (including phenoxy) is 1. The molecule has 1 N–H and O–H groups in total. The third kappa shape index (κ3) is 4.54. The maximum Gasteiger partial charge on any atom is 0.196 e. The summed E-state index contributed by atoms with van der Waals surface area (Å²) in [6.45, 7) is 8.04. The van der Waals surface area contributed by atoms with E-state index >= 15 is 0 Å². The molecule has 1 atom stereocenters. The van der Waals surface area contributed by atoms with Crippen molar-refractivity contribution in [1.29, 1.82) is 0 Å². The van der Waals surface area contributed by atoms with Gasteiger partial charge in [0.1, 0.15) is 12.4 Å². The van der Waals surface area contributed by atoms with Gasteiger partial charge in [-0.25, -0.2) is 0 Å². The highest BCUT2D eigenvalue weighted by molar-refractivity contribution is 6.30. The zero-order valence-electron chi connectivity index (χ0n) is 15.9. The van der Waals surface area contributed by atoms with E-state index in [4.69, 9.17) is 16.3 Å². The highest BCUT2D eigenvalue weighted by atomic mass is 35.5. The molecular formula is C20H25ClN2O3. The maximum absolute atomic E-state index is 12.8. The first kappa shape index (κ1) is 20.2. The van der Waals surface area contributed by atoms with Crippen molar-refractivity contribution in [2.45, 2.75) is 33.7 Å². The normalized spacial score (nSPS) is 12.3. The van der Waals surface area contributed by atoms with E-state index in [1.54, 1.807) is 12.1 Å². The first-order valence-corrected chi connectivity index (χ1v) is 8.93. The van der Waals surface area contributed by atoms with Gasteiger partial charge < -0.3 is 9.72 Å². The molecule has 0 fully saturated rings. The predicted molar refractivity (Wildman–Crippen MR) is 104 cm³/mol. The number of Topliss-reactive ketones (excluding diaryl/α,β-unsaturated/α-hetero) is 2. The molecule has 26 heavy (non-hydrogen) atoms. The Kier molecular flexibility index (Phi) is 6.62. The molecule has 0 amide bonds. The van der Waals surface area contributed by atoms with Crippen molar-refractivity contribution < 1.29 is 14.3 Å². The number of aromatic nitrogens is 1. The van der Waals surface area contributed by atoms with E-state index in [2.05, 4.69) is 4.98 Å². The van der Waals surface area contributed by atoms with Gasteiger partial charge in [-0.05, 0) is 64.6 Å². The molecule has 5 nitrogen and oxygen atoms in total. The number of likely N-dealkylation sites (N-methyl/N-ethyl adjacent to an activating group) is 1. The lowest BCUT2D eigenvalue weighted by atomic mass is 10.0. The molecule has 1 aromatic carbocycles. The van der Waals surface area contributed by atoms with E-state index in [-0.39, 0.29) is 17.6 Å². The fraction of sp³-hybridized carbons (Fsp3) is 0.400. The zero-order valence-corrected chi connectivity index (χ0v) is 16.6. The van der Waals surface area contributed by atoms with Gasteiger partial charge in [-0.3, -0.25) is 14.5 Å². The molecule has 0 aliphatic heterocycles. The quantitative estimate of drug-likeness (QED) is 0.705. The first-order valence-electron chi connectivity index (χ1n) is 8.55. The summed E-state index contributed by atoms with van der Waals surface area (Å²) in [5.74, 6) is 0.670. The van der Waals surface area contributed by atoms with Gasteiger partial charge in [0.25, 0.3) is 0 Å². The van der Waals surface area contributed by atoms with Crippen molar-refractivity contribution in [3.05, 3.63) is 51.8 Å². The fourth-order valence-electron chi connectivity index (χ4n) is 2.97. The Morgan fingerprint density at radius 1 is 1.23 bits per heavy atom. The van der Waals surface area contributed by atoms with Crippen LogP contribution in [-0.2, 0) is 0 Å². The van der Waals surface area contributed by atoms with Crippen molar-refractivity contribution in [3.63, 3.8) is 0 Å². The highest BCUT2D eigenvalue weighted by Crippen LogP contribution is 2.21. The molecule has 0 saturated heterocycles. The van der Waals surface area contributed by atoms with Crippen molar-refractivity contribution in [3.8, 4) is 5.75 Å². The number of nitrogens with zero attached hydrogens (tertiary/aromatic N) is 1. The molecule has 1 heterocycles. The van der Waals surface area contributed by atoms with Gasteiger partial charge in [0.05, 0.1) is 11.7 Å². The highest BCUT2D eigenvalue weighted by Gasteiger charge is 2.25. The van der Waals surface area contributed by atoms with Crippen LogP contribution in [0.1, 0.15) is 46.0 Å². The van der Waals surface area contributed by atoms with E-state index in [0.717, 1.165) is 17.0 Å². The summed E-state index contributed by atoms with van der Waals surface area (Å²) in [7, 11) is 1.88. The number of H-pyrrole nitrogens is 1. The summed E-state index contributed by atoms with van der Waals surface area (Å²) < 4.78 is 5.68. The summed E-state index contributed by atoms with van der Waals surface area (Å²) in [6.07, 6.45) is 0. The van der Waals surface area contributed by atoms with Crippen molar-refractivity contribution >= 4 is 23.2 Å². The van der Waals surface area contributed by atoms with Crippen LogP contribution in [0, 0.1) is 13.8 Å². The van der Waals surface area contributed by atoms with Gasteiger partial charge in [0, 0.05) is 22.8 Å². The Hall–Kier alpha value is -2.11. The lowest BCUT2D eigenvalue weighted by Crippen LogP contribution is -2.38. The molecule has 2 aromatic rings. The molecule has 0 bridgehead atoms. The Labute approximate surface area is 159 Å². The largest absolute Gasteiger partial charge is 0.492 e. The first-order chi connectivity index (χ1) is 12.2. The molecule has 0 unspecified atom stereocenters. The van der Waals surface area contributed by atoms with E-state index in [1.807, 2.05) is 44.9 Å². The summed E-state index contributed by atoms with van der Waals surface area (Å²) in [5.41, 5.74) is 2.57. The minimum atomic E-state index is -0.333. The van der Waals surface area contributed by atoms with Crippen LogP contribution in [0.2, 0.25) is 5.02 Å². The number of aryl methyl sites for hydroxylation is 1.